The van der Waals surface area contributed by atoms with Gasteiger partial charge in [0.1, 0.15) is 30.5 Å². The Hall–Kier alpha value is -1.98. The summed E-state index contributed by atoms with van der Waals surface area (Å²) >= 11 is 0. The molecule has 8 unspecified atom stereocenters. The lowest BCUT2D eigenvalue weighted by atomic mass is 9.99. The predicted octanol–water partition coefficient (Wildman–Crippen LogP) is 7.85. The summed E-state index contributed by atoms with van der Waals surface area (Å²) in [5.41, 5.74) is 0. The maximum absolute atomic E-state index is 13.1. The van der Waals surface area contributed by atoms with E-state index in [1.807, 2.05) is 0 Å². The number of carbonyl (C=O) groups excluding carboxylic acids is 1. The van der Waals surface area contributed by atoms with Crippen LogP contribution in [-0.4, -0.2) is 107 Å². The normalized spacial score (nSPS) is 21.8. The quantitative estimate of drug-likeness (QED) is 0.0180. The Morgan fingerprint density at radius 1 is 0.667 bits per heavy atom. The lowest BCUT2D eigenvalue weighted by molar-refractivity contribution is -0.298. The van der Waals surface area contributed by atoms with E-state index in [-0.39, 0.29) is 6.42 Å². The van der Waals surface area contributed by atoms with Crippen LogP contribution in [0, 0.1) is 0 Å². The van der Waals surface area contributed by atoms with Gasteiger partial charge in [-0.25, -0.2) is 4.18 Å². The summed E-state index contributed by atoms with van der Waals surface area (Å²) in [6, 6.07) is -1.15. The molecule has 13 nitrogen and oxygen atoms in total. The lowest BCUT2D eigenvalue weighted by Gasteiger charge is -2.41. The van der Waals surface area contributed by atoms with Crippen LogP contribution in [0.1, 0.15) is 174 Å². The molecule has 0 aromatic heterocycles. The zero-order chi connectivity index (χ0) is 44.3. The Morgan fingerprint density at radius 3 is 1.60 bits per heavy atom. The van der Waals surface area contributed by atoms with E-state index in [2.05, 4.69) is 59.8 Å². The third-order valence-electron chi connectivity index (χ3n) is 10.7. The van der Waals surface area contributed by atoms with E-state index in [1.54, 1.807) is 6.08 Å². The fraction of sp³-hybridized carbons (Fsp3) is 0.804. The molecule has 0 bridgehead atoms. The van der Waals surface area contributed by atoms with Crippen LogP contribution in [0.5, 0.6) is 0 Å². The summed E-state index contributed by atoms with van der Waals surface area (Å²) in [4.78, 5) is 13.1. The van der Waals surface area contributed by atoms with E-state index in [0.29, 0.717) is 12.8 Å². The molecule has 1 rings (SSSR count). The van der Waals surface area contributed by atoms with Gasteiger partial charge < -0.3 is 40.3 Å². The summed E-state index contributed by atoms with van der Waals surface area (Å²) in [6.07, 6.45) is 31.9. The van der Waals surface area contributed by atoms with Crippen molar-refractivity contribution in [1.82, 2.24) is 5.32 Å². The molecule has 350 valence electrons. The van der Waals surface area contributed by atoms with E-state index in [4.69, 9.17) is 9.47 Å². The lowest BCUT2D eigenvalue weighted by Crippen LogP contribution is -2.61. The molecule has 0 saturated carbocycles. The molecule has 0 aromatic carbocycles. The van der Waals surface area contributed by atoms with Crippen molar-refractivity contribution in [2.75, 3.05) is 13.2 Å². The van der Waals surface area contributed by atoms with E-state index in [9.17, 15) is 43.3 Å². The van der Waals surface area contributed by atoms with Crippen molar-refractivity contribution >= 4 is 16.3 Å². The highest BCUT2D eigenvalue weighted by Crippen LogP contribution is 2.26. The SMILES string of the molecule is CCCCCCCC/C=C/CC/C=C/CC/C=C/C(O)C(COC1OC(CO)C(O)C(OS(=O)(=O)O)C1O)NC(=O)C(O)CCCCCC/C=C\CCCCCCCCC. The number of amides is 1. The van der Waals surface area contributed by atoms with Crippen molar-refractivity contribution in [1.29, 1.82) is 0 Å². The molecule has 1 saturated heterocycles. The molecule has 1 amide bonds. The first-order chi connectivity index (χ1) is 28.9. The smallest absolute Gasteiger partial charge is 0.394 e. The van der Waals surface area contributed by atoms with Gasteiger partial charge in [0, 0.05) is 0 Å². The van der Waals surface area contributed by atoms with Gasteiger partial charge in [-0.1, -0.05) is 152 Å². The van der Waals surface area contributed by atoms with Gasteiger partial charge in [-0.3, -0.25) is 9.35 Å². The minimum absolute atomic E-state index is 0.218. The summed E-state index contributed by atoms with van der Waals surface area (Å²) in [5, 5.41) is 55.1. The van der Waals surface area contributed by atoms with Crippen LogP contribution in [0.4, 0.5) is 0 Å². The number of ether oxygens (including phenoxy) is 2. The standard InChI is InChI=1S/C46H83NO12S/c1-3-5-7-9-11-13-15-17-19-21-22-24-26-28-30-32-34-39(49)38(37-57-46-43(52)44(59-60(54,55)56)42(51)41(36-48)58-46)47-45(53)40(50)35-33-31-29-27-25-23-20-18-16-14-12-10-8-6-4-2/h17,19-20,23-24,26,32,34,38-44,46,48-52H,3-16,18,21-22,25,27-31,33,35-37H2,1-2H3,(H,47,53)(H,54,55,56)/b19-17+,23-20-,26-24+,34-32+. The Labute approximate surface area is 362 Å². The van der Waals surface area contributed by atoms with Crippen LogP contribution < -0.4 is 5.32 Å². The van der Waals surface area contributed by atoms with Gasteiger partial charge in [-0.15, -0.1) is 0 Å². The highest BCUT2D eigenvalue weighted by atomic mass is 32.3. The summed E-state index contributed by atoms with van der Waals surface area (Å²) in [7, 11) is -5.13. The molecule has 0 aliphatic carbocycles. The minimum Gasteiger partial charge on any atom is -0.394 e. The van der Waals surface area contributed by atoms with Crippen LogP contribution in [0.15, 0.2) is 48.6 Å². The van der Waals surface area contributed by atoms with E-state index >= 15 is 0 Å². The molecule has 7 N–H and O–H groups in total. The molecule has 0 aromatic rings. The second kappa shape index (κ2) is 36.5. The molecule has 60 heavy (non-hydrogen) atoms. The third-order valence-corrected chi connectivity index (χ3v) is 11.1. The molecule has 14 heteroatoms. The van der Waals surface area contributed by atoms with Gasteiger partial charge in [0.05, 0.1) is 25.4 Å². The Kier molecular flexibility index (Phi) is 34.1. The molecule has 1 heterocycles. The first kappa shape index (κ1) is 56.0. The van der Waals surface area contributed by atoms with Crippen molar-refractivity contribution in [2.24, 2.45) is 0 Å². The number of hydrogen-bond acceptors (Lipinski definition) is 11. The monoisotopic (exact) mass is 874 g/mol. The molecule has 8 atom stereocenters. The fourth-order valence-electron chi connectivity index (χ4n) is 6.96. The topological polar surface area (TPSA) is 212 Å². The molecular weight excluding hydrogens is 791 g/mol. The Morgan fingerprint density at radius 2 is 1.12 bits per heavy atom. The van der Waals surface area contributed by atoms with Crippen molar-refractivity contribution in [3.63, 3.8) is 0 Å². The van der Waals surface area contributed by atoms with Crippen molar-refractivity contribution in [2.45, 2.75) is 223 Å². The summed E-state index contributed by atoms with van der Waals surface area (Å²) < 4.78 is 47.5. The van der Waals surface area contributed by atoms with Gasteiger partial charge >= 0.3 is 10.4 Å². The number of carbonyl (C=O) groups is 1. The van der Waals surface area contributed by atoms with Crippen LogP contribution in [0.2, 0.25) is 0 Å². The third kappa shape index (κ3) is 28.6. The molecule has 0 spiro atoms. The van der Waals surface area contributed by atoms with Gasteiger partial charge in [0.2, 0.25) is 5.91 Å². The largest absolute Gasteiger partial charge is 0.397 e. The Bertz CT molecular complexity index is 1280. The second-order valence-corrected chi connectivity index (χ2v) is 17.2. The number of rotatable bonds is 38. The van der Waals surface area contributed by atoms with Crippen LogP contribution in [0.3, 0.4) is 0 Å². The highest BCUT2D eigenvalue weighted by molar-refractivity contribution is 7.80. The van der Waals surface area contributed by atoms with Gasteiger partial charge in [0.25, 0.3) is 0 Å². The number of aliphatic hydroxyl groups excluding tert-OH is 5. The first-order valence-corrected chi connectivity index (χ1v) is 24.5. The van der Waals surface area contributed by atoms with Gasteiger partial charge in [-0.2, -0.15) is 8.42 Å². The first-order valence-electron chi connectivity index (χ1n) is 23.1. The number of hydrogen-bond donors (Lipinski definition) is 7. The molecular formula is C46H83NO12S. The Balaban J connectivity index is 2.65. The minimum atomic E-state index is -5.13. The van der Waals surface area contributed by atoms with Crippen LogP contribution in [0.25, 0.3) is 0 Å². The number of nitrogens with one attached hydrogen (secondary N) is 1. The van der Waals surface area contributed by atoms with Crippen molar-refractivity contribution in [3.8, 4) is 0 Å². The number of aliphatic hydroxyl groups is 5. The zero-order valence-electron chi connectivity index (χ0n) is 36.9. The maximum Gasteiger partial charge on any atom is 0.397 e. The predicted molar refractivity (Wildman–Crippen MR) is 237 cm³/mol. The summed E-state index contributed by atoms with van der Waals surface area (Å²) in [6.45, 7) is 3.16. The van der Waals surface area contributed by atoms with E-state index in [0.717, 1.165) is 57.8 Å². The van der Waals surface area contributed by atoms with E-state index in [1.165, 1.54) is 89.5 Å². The molecule has 0 radical (unpaired) electrons. The molecule has 1 aliphatic rings. The van der Waals surface area contributed by atoms with Gasteiger partial charge in [-0.05, 0) is 70.6 Å². The fourth-order valence-corrected chi connectivity index (χ4v) is 7.46. The maximum atomic E-state index is 13.1. The number of unbranched alkanes of at least 4 members (excludes halogenated alkanes) is 19. The van der Waals surface area contributed by atoms with Crippen LogP contribution in [-0.2, 0) is 28.9 Å². The second-order valence-electron chi connectivity index (χ2n) is 16.1. The molecule has 1 aliphatic heterocycles. The van der Waals surface area contributed by atoms with Crippen LogP contribution >= 0.6 is 0 Å². The van der Waals surface area contributed by atoms with Crippen molar-refractivity contribution in [3.05, 3.63) is 48.6 Å². The van der Waals surface area contributed by atoms with Crippen molar-refractivity contribution < 1.29 is 57.0 Å². The average Bonchev–Trinajstić information content (AvgIpc) is 3.22. The van der Waals surface area contributed by atoms with E-state index < -0.39 is 78.5 Å². The highest BCUT2D eigenvalue weighted by Gasteiger charge is 2.48. The number of allylic oxidation sites excluding steroid dienone is 7. The average molecular weight is 874 g/mol. The van der Waals surface area contributed by atoms with Gasteiger partial charge in [0.15, 0.2) is 6.29 Å². The summed E-state index contributed by atoms with van der Waals surface area (Å²) in [5.74, 6) is -0.727. The molecule has 1 fully saturated rings. The zero-order valence-corrected chi connectivity index (χ0v) is 37.7.